The third-order valence-corrected chi connectivity index (χ3v) is 2.80. The maximum atomic E-state index is 11.8. The normalized spacial score (nSPS) is 18.1. The summed E-state index contributed by atoms with van der Waals surface area (Å²) < 4.78 is 0. The Bertz CT molecular complexity index is 213. The molecule has 5 heteroatoms. The molecule has 16 heavy (non-hydrogen) atoms. The average molecular weight is 229 g/mol. The van der Waals surface area contributed by atoms with E-state index in [1.807, 2.05) is 18.7 Å². The van der Waals surface area contributed by atoms with Gasteiger partial charge in [0.2, 0.25) is 5.91 Å². The zero-order valence-electron chi connectivity index (χ0n) is 10.3. The van der Waals surface area contributed by atoms with E-state index < -0.39 is 0 Å². The van der Waals surface area contributed by atoms with Crippen molar-refractivity contribution in [3.63, 3.8) is 0 Å². The van der Waals surface area contributed by atoms with E-state index in [-0.39, 0.29) is 12.5 Å². The zero-order valence-corrected chi connectivity index (χ0v) is 10.3. The fourth-order valence-electron chi connectivity index (χ4n) is 1.77. The van der Waals surface area contributed by atoms with Crippen molar-refractivity contribution in [3.05, 3.63) is 0 Å². The maximum absolute atomic E-state index is 11.8. The van der Waals surface area contributed by atoms with Gasteiger partial charge in [-0.05, 0) is 0 Å². The van der Waals surface area contributed by atoms with Crippen LogP contribution in [0, 0.1) is 0 Å². The van der Waals surface area contributed by atoms with E-state index in [0.29, 0.717) is 19.1 Å². The van der Waals surface area contributed by atoms with Crippen LogP contribution in [0.3, 0.4) is 0 Å². The Morgan fingerprint density at radius 1 is 1.31 bits per heavy atom. The molecule has 1 rings (SSSR count). The molecule has 0 bridgehead atoms. The Labute approximate surface area is 97.4 Å². The summed E-state index contributed by atoms with van der Waals surface area (Å²) in [6.45, 7) is 8.70. The highest BCUT2D eigenvalue weighted by Gasteiger charge is 2.20. The van der Waals surface area contributed by atoms with Gasteiger partial charge in [-0.15, -0.1) is 0 Å². The molecule has 0 unspecified atom stereocenters. The number of carbonyl (C=O) groups excluding carboxylic acids is 1. The molecule has 2 N–H and O–H groups in total. The largest absolute Gasteiger partial charge is 0.395 e. The molecule has 1 saturated heterocycles. The lowest BCUT2D eigenvalue weighted by molar-refractivity contribution is -0.132. The van der Waals surface area contributed by atoms with Gasteiger partial charge in [-0.1, -0.05) is 13.8 Å². The molecule has 0 aromatic rings. The first-order valence-corrected chi connectivity index (χ1v) is 5.98. The number of aliphatic hydroxyl groups is 1. The van der Waals surface area contributed by atoms with Crippen LogP contribution >= 0.6 is 0 Å². The minimum Gasteiger partial charge on any atom is -0.395 e. The molecule has 94 valence electrons. The number of amides is 1. The number of piperazine rings is 1. The van der Waals surface area contributed by atoms with Gasteiger partial charge >= 0.3 is 0 Å². The van der Waals surface area contributed by atoms with Crippen LogP contribution in [0.2, 0.25) is 0 Å². The first-order valence-electron chi connectivity index (χ1n) is 5.98. The zero-order chi connectivity index (χ0) is 12.0. The highest BCUT2D eigenvalue weighted by molar-refractivity contribution is 5.78. The Hall–Kier alpha value is -0.650. The predicted octanol–water partition coefficient (Wildman–Crippen LogP) is -0.879. The summed E-state index contributed by atoms with van der Waals surface area (Å²) in [5.74, 6) is 0.178. The summed E-state index contributed by atoms with van der Waals surface area (Å²) in [5, 5.41) is 11.9. The number of nitrogens with zero attached hydrogens (tertiary/aromatic N) is 2. The second kappa shape index (κ2) is 6.83. The van der Waals surface area contributed by atoms with E-state index in [9.17, 15) is 4.79 Å². The summed E-state index contributed by atoms with van der Waals surface area (Å²) in [6.07, 6.45) is 0. The lowest BCUT2D eigenvalue weighted by atomic mass is 10.3. The minimum atomic E-state index is 0.178. The van der Waals surface area contributed by atoms with Crippen LogP contribution < -0.4 is 5.32 Å². The second-order valence-corrected chi connectivity index (χ2v) is 4.48. The molecule has 0 aromatic carbocycles. The Balaban J connectivity index is 2.22. The summed E-state index contributed by atoms with van der Waals surface area (Å²) in [5.41, 5.74) is 0. The number of hydrogen-bond donors (Lipinski definition) is 2. The maximum Gasteiger partial charge on any atom is 0.236 e. The molecule has 0 saturated carbocycles. The van der Waals surface area contributed by atoms with Crippen molar-refractivity contribution in [2.45, 2.75) is 19.9 Å². The number of nitrogens with one attached hydrogen (secondary N) is 1. The molecule has 0 radical (unpaired) electrons. The predicted molar refractivity (Wildman–Crippen MR) is 63.2 cm³/mol. The number of rotatable bonds is 5. The number of β-amino-alcohol motifs (C(OH)–C–C–N with tert-alkyl or cyclic N) is 1. The summed E-state index contributed by atoms with van der Waals surface area (Å²) in [4.78, 5) is 15.8. The molecule has 1 aliphatic rings. The van der Waals surface area contributed by atoms with Crippen LogP contribution in [-0.4, -0.2) is 72.7 Å². The lowest BCUT2D eigenvalue weighted by Gasteiger charge is -2.34. The van der Waals surface area contributed by atoms with Crippen LogP contribution in [0.25, 0.3) is 0 Å². The Morgan fingerprint density at radius 2 is 1.94 bits per heavy atom. The van der Waals surface area contributed by atoms with E-state index in [4.69, 9.17) is 5.11 Å². The SMILES string of the molecule is CC(C)NCC(=O)N1CCN(CCO)CC1. The van der Waals surface area contributed by atoms with Crippen molar-refractivity contribution >= 4 is 5.91 Å². The molecule has 0 aromatic heterocycles. The molecular formula is C11H23N3O2. The molecule has 1 aliphatic heterocycles. The van der Waals surface area contributed by atoms with Gasteiger partial charge in [-0.25, -0.2) is 0 Å². The van der Waals surface area contributed by atoms with Crippen molar-refractivity contribution in [3.8, 4) is 0 Å². The van der Waals surface area contributed by atoms with Gasteiger partial charge in [0.05, 0.1) is 13.2 Å². The third-order valence-electron chi connectivity index (χ3n) is 2.80. The van der Waals surface area contributed by atoms with E-state index in [2.05, 4.69) is 10.2 Å². The fourth-order valence-corrected chi connectivity index (χ4v) is 1.77. The number of aliphatic hydroxyl groups excluding tert-OH is 1. The molecule has 5 nitrogen and oxygen atoms in total. The van der Waals surface area contributed by atoms with Gasteiger partial charge in [-0.2, -0.15) is 0 Å². The second-order valence-electron chi connectivity index (χ2n) is 4.48. The van der Waals surface area contributed by atoms with Crippen LogP contribution in [0.15, 0.2) is 0 Å². The first-order chi connectivity index (χ1) is 7.63. The van der Waals surface area contributed by atoms with Gasteiger partial charge in [0, 0.05) is 38.8 Å². The quantitative estimate of drug-likeness (QED) is 0.643. The molecule has 0 atom stereocenters. The van der Waals surface area contributed by atoms with Crippen molar-refractivity contribution in [1.29, 1.82) is 0 Å². The molecule has 1 amide bonds. The lowest BCUT2D eigenvalue weighted by Crippen LogP contribution is -2.51. The van der Waals surface area contributed by atoms with Gasteiger partial charge < -0.3 is 15.3 Å². The fraction of sp³-hybridized carbons (Fsp3) is 0.909. The Kier molecular flexibility index (Phi) is 5.73. The smallest absolute Gasteiger partial charge is 0.236 e. The van der Waals surface area contributed by atoms with Gasteiger partial charge in [-0.3, -0.25) is 9.69 Å². The monoisotopic (exact) mass is 229 g/mol. The summed E-state index contributed by atoms with van der Waals surface area (Å²) in [7, 11) is 0. The summed E-state index contributed by atoms with van der Waals surface area (Å²) >= 11 is 0. The Morgan fingerprint density at radius 3 is 2.44 bits per heavy atom. The number of carbonyl (C=O) groups is 1. The van der Waals surface area contributed by atoms with E-state index >= 15 is 0 Å². The van der Waals surface area contributed by atoms with Crippen LogP contribution in [-0.2, 0) is 4.79 Å². The van der Waals surface area contributed by atoms with Crippen molar-refractivity contribution in [1.82, 2.24) is 15.1 Å². The third kappa shape index (κ3) is 4.47. The minimum absolute atomic E-state index is 0.178. The molecule has 1 fully saturated rings. The topological polar surface area (TPSA) is 55.8 Å². The molecule has 0 aliphatic carbocycles. The van der Waals surface area contributed by atoms with Crippen LogP contribution in [0.1, 0.15) is 13.8 Å². The van der Waals surface area contributed by atoms with Gasteiger partial charge in [0.15, 0.2) is 0 Å². The van der Waals surface area contributed by atoms with Crippen LogP contribution in [0.4, 0.5) is 0 Å². The standard InChI is InChI=1S/C11H23N3O2/c1-10(2)12-9-11(16)14-5-3-13(4-6-14)7-8-15/h10,12,15H,3-9H2,1-2H3. The van der Waals surface area contributed by atoms with E-state index in [0.717, 1.165) is 26.2 Å². The molecular weight excluding hydrogens is 206 g/mol. The highest BCUT2D eigenvalue weighted by Crippen LogP contribution is 2.01. The number of hydrogen-bond acceptors (Lipinski definition) is 4. The first kappa shape index (κ1) is 13.4. The molecule has 1 heterocycles. The van der Waals surface area contributed by atoms with E-state index in [1.54, 1.807) is 0 Å². The van der Waals surface area contributed by atoms with E-state index in [1.165, 1.54) is 0 Å². The molecule has 0 spiro atoms. The summed E-state index contributed by atoms with van der Waals surface area (Å²) in [6, 6.07) is 0.347. The van der Waals surface area contributed by atoms with Crippen molar-refractivity contribution in [2.24, 2.45) is 0 Å². The van der Waals surface area contributed by atoms with Crippen LogP contribution in [0.5, 0.6) is 0 Å². The van der Waals surface area contributed by atoms with Crippen molar-refractivity contribution < 1.29 is 9.90 Å². The highest BCUT2D eigenvalue weighted by atomic mass is 16.3. The van der Waals surface area contributed by atoms with Crippen molar-refractivity contribution in [2.75, 3.05) is 45.9 Å². The van der Waals surface area contributed by atoms with Gasteiger partial charge in [0.25, 0.3) is 0 Å². The average Bonchev–Trinajstić information content (AvgIpc) is 2.27. The van der Waals surface area contributed by atoms with Gasteiger partial charge in [0.1, 0.15) is 0 Å².